The number of rotatable bonds is 14. The largest absolute Gasteiger partial charge is 0.508 e. The minimum atomic E-state index is -1.37. The van der Waals surface area contributed by atoms with Crippen molar-refractivity contribution in [1.29, 1.82) is 0 Å². The maximum Gasteiger partial charge on any atom is 0.508 e. The van der Waals surface area contributed by atoms with Gasteiger partial charge in [0.15, 0.2) is 11.5 Å². The SMILES string of the molecule is CCCCCOC(=O)OCC(C)C(c1ccc(OC(=O)CC(C)(C)C)c(OC(=O)CC(C)(C)C)c1)[C@H](N)C(=O)O. The Kier molecular flexibility index (Phi) is 13.6. The summed E-state index contributed by atoms with van der Waals surface area (Å²) in [5, 5.41) is 9.72. The van der Waals surface area contributed by atoms with Crippen LogP contribution in [0.1, 0.15) is 99.0 Å². The Morgan fingerprint density at radius 2 is 1.43 bits per heavy atom. The Morgan fingerprint density at radius 3 is 1.93 bits per heavy atom. The number of nitrogens with two attached hydrogens (primary N) is 1. The molecule has 0 spiro atoms. The highest BCUT2D eigenvalue weighted by Crippen LogP contribution is 2.37. The summed E-state index contributed by atoms with van der Waals surface area (Å²) < 4.78 is 21.4. The molecule has 0 aliphatic rings. The minimum Gasteiger partial charge on any atom is -0.480 e. The average Bonchev–Trinajstić information content (AvgIpc) is 2.79. The molecule has 10 nitrogen and oxygen atoms in total. The third kappa shape index (κ3) is 13.3. The Morgan fingerprint density at radius 1 is 0.875 bits per heavy atom. The quantitative estimate of drug-likeness (QED) is 0.160. The first-order valence-corrected chi connectivity index (χ1v) is 13.8. The predicted octanol–water partition coefficient (Wildman–Crippen LogP) is 5.84. The van der Waals surface area contributed by atoms with E-state index in [1.807, 2.05) is 48.5 Å². The van der Waals surface area contributed by atoms with Gasteiger partial charge in [-0.15, -0.1) is 0 Å². The second kappa shape index (κ2) is 15.6. The van der Waals surface area contributed by atoms with E-state index in [2.05, 4.69) is 0 Å². The summed E-state index contributed by atoms with van der Waals surface area (Å²) in [5.74, 6) is -3.70. The highest BCUT2D eigenvalue weighted by molar-refractivity contribution is 5.78. The maximum absolute atomic E-state index is 12.7. The van der Waals surface area contributed by atoms with Crippen LogP contribution in [-0.2, 0) is 23.9 Å². The number of carbonyl (C=O) groups is 4. The number of hydrogen-bond acceptors (Lipinski definition) is 9. The van der Waals surface area contributed by atoms with Crippen LogP contribution in [-0.4, -0.2) is 48.4 Å². The van der Waals surface area contributed by atoms with E-state index in [1.165, 1.54) is 12.1 Å². The molecular formula is C30H47NO9. The number of aliphatic carboxylic acids is 1. The number of hydrogen-bond donors (Lipinski definition) is 2. The molecule has 226 valence electrons. The monoisotopic (exact) mass is 565 g/mol. The summed E-state index contributed by atoms with van der Waals surface area (Å²) >= 11 is 0. The summed E-state index contributed by atoms with van der Waals surface area (Å²) in [6.07, 6.45) is 1.99. The average molecular weight is 566 g/mol. The van der Waals surface area contributed by atoms with E-state index in [1.54, 1.807) is 13.0 Å². The molecule has 1 aromatic carbocycles. The highest BCUT2D eigenvalue weighted by atomic mass is 16.7. The van der Waals surface area contributed by atoms with Crippen LogP contribution in [0.25, 0.3) is 0 Å². The van der Waals surface area contributed by atoms with Crippen molar-refractivity contribution in [2.45, 2.75) is 99.5 Å². The molecular weight excluding hydrogens is 518 g/mol. The normalized spacial score (nSPS) is 14.0. The van der Waals surface area contributed by atoms with E-state index in [-0.39, 0.29) is 48.4 Å². The number of carboxylic acids is 1. The van der Waals surface area contributed by atoms with E-state index < -0.39 is 41.9 Å². The molecule has 0 amide bonds. The fraction of sp³-hybridized carbons (Fsp3) is 0.667. The molecule has 0 saturated carbocycles. The molecule has 40 heavy (non-hydrogen) atoms. The van der Waals surface area contributed by atoms with Gasteiger partial charge in [0.05, 0.1) is 26.1 Å². The van der Waals surface area contributed by atoms with Crippen LogP contribution in [0.4, 0.5) is 4.79 Å². The second-order valence-electron chi connectivity index (χ2n) is 12.6. The Balaban J connectivity index is 3.30. The molecule has 3 N–H and O–H groups in total. The van der Waals surface area contributed by atoms with E-state index in [0.29, 0.717) is 5.56 Å². The van der Waals surface area contributed by atoms with Crippen LogP contribution in [0.15, 0.2) is 18.2 Å². The third-order valence-corrected chi connectivity index (χ3v) is 5.87. The molecule has 0 heterocycles. The lowest BCUT2D eigenvalue weighted by Gasteiger charge is -2.28. The van der Waals surface area contributed by atoms with Crippen molar-refractivity contribution in [3.63, 3.8) is 0 Å². The molecule has 1 aromatic rings. The summed E-state index contributed by atoms with van der Waals surface area (Å²) in [5.41, 5.74) is 5.80. The molecule has 0 radical (unpaired) electrons. The fourth-order valence-electron chi connectivity index (χ4n) is 3.98. The Labute approximate surface area is 237 Å². The molecule has 3 atom stereocenters. The van der Waals surface area contributed by atoms with Gasteiger partial charge in [0.1, 0.15) is 6.04 Å². The van der Waals surface area contributed by atoms with Gasteiger partial charge in [-0.3, -0.25) is 14.4 Å². The molecule has 10 heteroatoms. The van der Waals surface area contributed by atoms with Gasteiger partial charge in [0.2, 0.25) is 0 Å². The molecule has 0 bridgehead atoms. The number of esters is 2. The summed E-state index contributed by atoms with van der Waals surface area (Å²) in [4.78, 5) is 49.2. The van der Waals surface area contributed by atoms with E-state index in [9.17, 15) is 24.3 Å². The molecule has 0 fully saturated rings. The van der Waals surface area contributed by atoms with Gasteiger partial charge < -0.3 is 29.8 Å². The van der Waals surface area contributed by atoms with Gasteiger partial charge in [-0.25, -0.2) is 4.79 Å². The van der Waals surface area contributed by atoms with Crippen LogP contribution in [0.2, 0.25) is 0 Å². The van der Waals surface area contributed by atoms with Gasteiger partial charge >= 0.3 is 24.1 Å². The first-order valence-electron chi connectivity index (χ1n) is 13.8. The standard InChI is InChI=1S/C30H47NO9/c1-9-10-11-14-37-28(36)38-18-19(2)25(26(31)27(34)35)20-12-13-21(39-23(32)16-29(3,4)5)22(15-20)40-24(33)17-30(6,7)8/h12-13,15,19,25-26H,9-11,14,16-18,31H2,1-8H3,(H,34,35)/t19?,25?,26-/m0/s1. The molecule has 0 saturated heterocycles. The van der Waals surface area contributed by atoms with Crippen molar-refractivity contribution in [2.24, 2.45) is 22.5 Å². The van der Waals surface area contributed by atoms with Gasteiger partial charge in [-0.05, 0) is 40.9 Å². The van der Waals surface area contributed by atoms with Crippen LogP contribution in [0.3, 0.4) is 0 Å². The van der Waals surface area contributed by atoms with Crippen molar-refractivity contribution in [3.8, 4) is 11.5 Å². The number of ether oxygens (including phenoxy) is 4. The van der Waals surface area contributed by atoms with Crippen molar-refractivity contribution >= 4 is 24.1 Å². The molecule has 0 aromatic heterocycles. The predicted molar refractivity (Wildman–Crippen MR) is 150 cm³/mol. The van der Waals surface area contributed by atoms with Gasteiger partial charge in [-0.1, -0.05) is 74.3 Å². The lowest BCUT2D eigenvalue weighted by Crippen LogP contribution is -2.40. The Hall–Kier alpha value is -3.14. The number of unbranched alkanes of at least 4 members (excludes halogenated alkanes) is 2. The fourth-order valence-corrected chi connectivity index (χ4v) is 3.98. The first-order chi connectivity index (χ1) is 18.4. The summed E-state index contributed by atoms with van der Waals surface area (Å²) in [7, 11) is 0. The van der Waals surface area contributed by atoms with Crippen molar-refractivity contribution in [2.75, 3.05) is 13.2 Å². The summed E-state index contributed by atoms with van der Waals surface area (Å²) in [6.45, 7) is 15.1. The lowest BCUT2D eigenvalue weighted by atomic mass is 9.82. The molecule has 2 unspecified atom stereocenters. The zero-order valence-electron chi connectivity index (χ0n) is 25.2. The van der Waals surface area contributed by atoms with Crippen LogP contribution in [0.5, 0.6) is 11.5 Å². The lowest BCUT2D eigenvalue weighted by molar-refractivity contribution is -0.139. The first kappa shape index (κ1) is 34.9. The highest BCUT2D eigenvalue weighted by Gasteiger charge is 2.33. The van der Waals surface area contributed by atoms with Gasteiger partial charge in [-0.2, -0.15) is 0 Å². The van der Waals surface area contributed by atoms with Crippen LogP contribution >= 0.6 is 0 Å². The number of benzene rings is 1. The van der Waals surface area contributed by atoms with Crippen LogP contribution < -0.4 is 15.2 Å². The van der Waals surface area contributed by atoms with E-state index in [0.717, 1.165) is 19.3 Å². The molecule has 1 rings (SSSR count). The minimum absolute atomic E-state index is 0.0277. The van der Waals surface area contributed by atoms with Gasteiger partial charge in [0.25, 0.3) is 0 Å². The maximum atomic E-state index is 12.7. The van der Waals surface area contributed by atoms with Crippen molar-refractivity contribution in [1.82, 2.24) is 0 Å². The number of carboxylic acid groups (broad SMARTS) is 1. The third-order valence-electron chi connectivity index (χ3n) is 5.87. The van der Waals surface area contributed by atoms with E-state index in [4.69, 9.17) is 24.7 Å². The summed E-state index contributed by atoms with van der Waals surface area (Å²) in [6, 6.07) is 3.10. The second-order valence-corrected chi connectivity index (χ2v) is 12.6. The molecule has 0 aliphatic heterocycles. The van der Waals surface area contributed by atoms with Crippen molar-refractivity contribution in [3.05, 3.63) is 23.8 Å². The van der Waals surface area contributed by atoms with Crippen LogP contribution in [0, 0.1) is 16.7 Å². The van der Waals surface area contributed by atoms with Crippen molar-refractivity contribution < 1.29 is 43.2 Å². The topological polar surface area (TPSA) is 151 Å². The smallest absolute Gasteiger partial charge is 0.480 e. The zero-order chi connectivity index (χ0) is 30.7. The van der Waals surface area contributed by atoms with E-state index >= 15 is 0 Å². The van der Waals surface area contributed by atoms with Gasteiger partial charge in [0, 0.05) is 5.92 Å². The number of carbonyl (C=O) groups excluding carboxylic acids is 3. The zero-order valence-corrected chi connectivity index (χ0v) is 25.2. The molecule has 0 aliphatic carbocycles. The Bertz CT molecular complexity index is 1010.